The first-order valence-corrected chi connectivity index (χ1v) is 10.0. The normalized spacial score (nSPS) is 11.4. The molecule has 0 saturated heterocycles. The Labute approximate surface area is 187 Å². The molecule has 0 spiro atoms. The molecule has 1 amide bonds. The summed E-state index contributed by atoms with van der Waals surface area (Å²) in [6.07, 6.45) is -0.734. The molecule has 4 aromatic rings. The molecule has 9 heteroatoms. The second kappa shape index (κ2) is 9.23. The number of nitrogens with one attached hydrogen (secondary N) is 1. The number of nitrogens with zero attached hydrogens (tertiary/aromatic N) is 2. The van der Waals surface area contributed by atoms with Crippen molar-refractivity contribution < 1.29 is 27.4 Å². The molecule has 0 aliphatic rings. The Morgan fingerprint density at radius 3 is 2.55 bits per heavy atom. The fourth-order valence-corrected chi connectivity index (χ4v) is 3.28. The fourth-order valence-electron chi connectivity index (χ4n) is 3.28. The lowest BCUT2D eigenvalue weighted by Crippen LogP contribution is -2.15. The van der Waals surface area contributed by atoms with Gasteiger partial charge in [0.05, 0.1) is 24.8 Å². The first-order chi connectivity index (χ1) is 15.8. The number of anilines is 1. The summed E-state index contributed by atoms with van der Waals surface area (Å²) in [7, 11) is 1.51. The molecular formula is C24H20F3N3O3. The number of rotatable bonds is 7. The molecule has 2 aromatic heterocycles. The Hall–Kier alpha value is -4.01. The Balaban J connectivity index is 1.41. The van der Waals surface area contributed by atoms with E-state index in [-0.39, 0.29) is 18.9 Å². The molecule has 4 rings (SSSR count). The second-order valence-electron chi connectivity index (χ2n) is 7.27. The quantitative estimate of drug-likeness (QED) is 0.420. The standard InChI is InChI=1S/C24H20F3N3O3/c1-32-20-10-9-18(29-23(31)12-16-5-7-17(8-6-16)24(25,26)27)13-21(20)33-15-19-14-30-11-3-2-4-22(30)28-19/h2-11,13-14H,12,15H2,1H3,(H,29,31). The molecule has 0 unspecified atom stereocenters. The molecular weight excluding hydrogens is 435 g/mol. The predicted molar refractivity (Wildman–Crippen MR) is 116 cm³/mol. The molecule has 33 heavy (non-hydrogen) atoms. The topological polar surface area (TPSA) is 64.9 Å². The Morgan fingerprint density at radius 2 is 1.85 bits per heavy atom. The van der Waals surface area contributed by atoms with Crippen molar-refractivity contribution in [1.29, 1.82) is 0 Å². The molecule has 0 fully saturated rings. The minimum Gasteiger partial charge on any atom is -0.493 e. The van der Waals surface area contributed by atoms with E-state index in [0.717, 1.165) is 23.5 Å². The maximum absolute atomic E-state index is 12.7. The van der Waals surface area contributed by atoms with E-state index in [9.17, 15) is 18.0 Å². The zero-order valence-corrected chi connectivity index (χ0v) is 17.6. The highest BCUT2D eigenvalue weighted by Crippen LogP contribution is 2.31. The van der Waals surface area contributed by atoms with Crippen LogP contribution in [-0.2, 0) is 24.0 Å². The van der Waals surface area contributed by atoms with Crippen molar-refractivity contribution in [3.8, 4) is 11.5 Å². The van der Waals surface area contributed by atoms with E-state index in [1.807, 2.05) is 35.0 Å². The van der Waals surface area contributed by atoms with Gasteiger partial charge in [-0.1, -0.05) is 18.2 Å². The first kappa shape index (κ1) is 22.2. The van der Waals surface area contributed by atoms with E-state index in [1.165, 1.54) is 19.2 Å². The highest BCUT2D eigenvalue weighted by atomic mass is 19.4. The minimum absolute atomic E-state index is 0.0679. The number of carbonyl (C=O) groups is 1. The van der Waals surface area contributed by atoms with Crippen molar-refractivity contribution in [2.45, 2.75) is 19.2 Å². The summed E-state index contributed by atoms with van der Waals surface area (Å²) in [5.74, 6) is 0.535. The average Bonchev–Trinajstić information content (AvgIpc) is 3.20. The predicted octanol–water partition coefficient (Wildman–Crippen LogP) is 5.12. The first-order valence-electron chi connectivity index (χ1n) is 10.0. The number of amides is 1. The summed E-state index contributed by atoms with van der Waals surface area (Å²) in [4.78, 5) is 16.9. The van der Waals surface area contributed by atoms with Gasteiger partial charge in [-0.05, 0) is 42.0 Å². The summed E-state index contributed by atoms with van der Waals surface area (Å²) in [5, 5.41) is 2.73. The summed E-state index contributed by atoms with van der Waals surface area (Å²) in [6, 6.07) is 15.1. The maximum Gasteiger partial charge on any atom is 0.416 e. The maximum atomic E-state index is 12.7. The van der Waals surface area contributed by atoms with Gasteiger partial charge in [0.2, 0.25) is 5.91 Å². The van der Waals surface area contributed by atoms with Crippen LogP contribution in [0.2, 0.25) is 0 Å². The number of ether oxygens (including phenoxy) is 2. The third kappa shape index (κ3) is 5.43. The largest absolute Gasteiger partial charge is 0.493 e. The Kier molecular flexibility index (Phi) is 6.21. The number of imidazole rings is 1. The molecule has 0 radical (unpaired) electrons. The number of pyridine rings is 1. The van der Waals surface area contributed by atoms with Crippen LogP contribution < -0.4 is 14.8 Å². The number of benzene rings is 2. The summed E-state index contributed by atoms with van der Waals surface area (Å²) in [5.41, 5.74) is 1.71. The minimum atomic E-state index is -4.41. The van der Waals surface area contributed by atoms with E-state index >= 15 is 0 Å². The van der Waals surface area contributed by atoms with Gasteiger partial charge in [0.25, 0.3) is 0 Å². The van der Waals surface area contributed by atoms with Gasteiger partial charge in [0.15, 0.2) is 11.5 Å². The van der Waals surface area contributed by atoms with Crippen molar-refractivity contribution in [3.63, 3.8) is 0 Å². The molecule has 6 nitrogen and oxygen atoms in total. The van der Waals surface area contributed by atoms with E-state index < -0.39 is 11.7 Å². The molecule has 1 N–H and O–H groups in total. The van der Waals surface area contributed by atoms with Crippen molar-refractivity contribution in [3.05, 3.63) is 89.9 Å². The highest BCUT2D eigenvalue weighted by molar-refractivity contribution is 5.92. The third-order valence-electron chi connectivity index (χ3n) is 4.88. The summed E-state index contributed by atoms with van der Waals surface area (Å²) >= 11 is 0. The van der Waals surface area contributed by atoms with Crippen LogP contribution >= 0.6 is 0 Å². The summed E-state index contributed by atoms with van der Waals surface area (Å²) in [6.45, 7) is 0.195. The fraction of sp³-hybridized carbons (Fsp3) is 0.167. The molecule has 2 aromatic carbocycles. The molecule has 2 heterocycles. The molecule has 0 aliphatic heterocycles. The lowest BCUT2D eigenvalue weighted by atomic mass is 10.1. The number of fused-ring (bicyclic) bond motifs is 1. The molecule has 0 saturated carbocycles. The number of alkyl halides is 3. The number of hydrogen-bond acceptors (Lipinski definition) is 4. The second-order valence-corrected chi connectivity index (χ2v) is 7.27. The number of methoxy groups -OCH3 is 1. The number of hydrogen-bond donors (Lipinski definition) is 1. The van der Waals surface area contributed by atoms with Gasteiger partial charge in [-0.25, -0.2) is 4.98 Å². The molecule has 170 valence electrons. The van der Waals surface area contributed by atoms with Gasteiger partial charge in [-0.2, -0.15) is 13.2 Å². The van der Waals surface area contributed by atoms with E-state index in [2.05, 4.69) is 10.3 Å². The van der Waals surface area contributed by atoms with Gasteiger partial charge in [0, 0.05) is 24.1 Å². The van der Waals surface area contributed by atoms with E-state index in [0.29, 0.717) is 22.7 Å². The van der Waals surface area contributed by atoms with Crippen LogP contribution in [0.5, 0.6) is 11.5 Å². The molecule has 0 atom stereocenters. The van der Waals surface area contributed by atoms with Crippen molar-refractivity contribution in [1.82, 2.24) is 9.38 Å². The van der Waals surface area contributed by atoms with Crippen molar-refractivity contribution >= 4 is 17.2 Å². The van der Waals surface area contributed by atoms with Gasteiger partial charge < -0.3 is 19.2 Å². The highest BCUT2D eigenvalue weighted by Gasteiger charge is 2.30. The molecule has 0 bridgehead atoms. The van der Waals surface area contributed by atoms with Gasteiger partial charge >= 0.3 is 6.18 Å². The Bertz CT molecular complexity index is 1230. The van der Waals surface area contributed by atoms with Gasteiger partial charge in [0.1, 0.15) is 12.3 Å². The van der Waals surface area contributed by atoms with Gasteiger partial charge in [-0.3, -0.25) is 4.79 Å². The smallest absolute Gasteiger partial charge is 0.416 e. The number of aromatic nitrogens is 2. The van der Waals surface area contributed by atoms with E-state index in [4.69, 9.17) is 9.47 Å². The lowest BCUT2D eigenvalue weighted by Gasteiger charge is -2.12. The lowest BCUT2D eigenvalue weighted by molar-refractivity contribution is -0.137. The van der Waals surface area contributed by atoms with Crippen LogP contribution in [-0.4, -0.2) is 22.4 Å². The average molecular weight is 455 g/mol. The monoisotopic (exact) mass is 455 g/mol. The third-order valence-corrected chi connectivity index (χ3v) is 4.88. The van der Waals surface area contributed by atoms with Crippen LogP contribution in [0.4, 0.5) is 18.9 Å². The summed E-state index contributed by atoms with van der Waals surface area (Å²) < 4.78 is 51.1. The van der Waals surface area contributed by atoms with Crippen LogP contribution in [0.3, 0.4) is 0 Å². The zero-order chi connectivity index (χ0) is 23.4. The van der Waals surface area contributed by atoms with Crippen LogP contribution in [0.25, 0.3) is 5.65 Å². The number of carbonyl (C=O) groups excluding carboxylic acids is 1. The molecule has 0 aliphatic carbocycles. The Morgan fingerprint density at radius 1 is 1.06 bits per heavy atom. The SMILES string of the molecule is COc1ccc(NC(=O)Cc2ccc(C(F)(F)F)cc2)cc1OCc1cn2ccccc2n1. The van der Waals surface area contributed by atoms with Crippen molar-refractivity contribution in [2.75, 3.05) is 12.4 Å². The van der Waals surface area contributed by atoms with E-state index in [1.54, 1.807) is 18.2 Å². The van der Waals surface area contributed by atoms with Crippen LogP contribution in [0.1, 0.15) is 16.8 Å². The van der Waals surface area contributed by atoms with Crippen LogP contribution in [0, 0.1) is 0 Å². The van der Waals surface area contributed by atoms with Crippen LogP contribution in [0.15, 0.2) is 73.1 Å². The van der Waals surface area contributed by atoms with Gasteiger partial charge in [-0.15, -0.1) is 0 Å². The number of halogens is 3. The van der Waals surface area contributed by atoms with Crippen molar-refractivity contribution in [2.24, 2.45) is 0 Å². The zero-order valence-electron chi connectivity index (χ0n) is 17.6.